The Bertz CT molecular complexity index is 957. The molecule has 0 fully saturated rings. The standard InChI is InChI=1S/C19H19N3O7S/c1-30-9-7-14(19(25)26)20-17(23)15(21-18(24)16-6-3-8-29-16)11-12-4-2-5-13(10-12)22(27)28/h2-6,8,10-11,14H,7,9H2,1H3,(H,20,23)(H,21,24)(H,25,26)/p-1/b15-11-/t14-/m0/s1. The van der Waals surface area contributed by atoms with Crippen LogP contribution < -0.4 is 15.7 Å². The molecule has 0 saturated heterocycles. The molecule has 0 radical (unpaired) electrons. The van der Waals surface area contributed by atoms with Gasteiger partial charge in [-0.1, -0.05) is 12.1 Å². The maximum Gasteiger partial charge on any atom is 0.291 e. The second-order valence-electron chi connectivity index (χ2n) is 5.97. The molecular weight excluding hydrogens is 414 g/mol. The van der Waals surface area contributed by atoms with Crippen molar-refractivity contribution in [3.63, 3.8) is 0 Å². The van der Waals surface area contributed by atoms with Crippen LogP contribution in [0.1, 0.15) is 22.5 Å². The van der Waals surface area contributed by atoms with Crippen LogP contribution in [0.4, 0.5) is 5.69 Å². The molecule has 0 aliphatic rings. The summed E-state index contributed by atoms with van der Waals surface area (Å²) in [5.41, 5.74) is -0.274. The molecule has 0 bridgehead atoms. The van der Waals surface area contributed by atoms with E-state index in [0.29, 0.717) is 5.75 Å². The number of furan rings is 1. The van der Waals surface area contributed by atoms with E-state index >= 15 is 0 Å². The Morgan fingerprint density at radius 3 is 2.63 bits per heavy atom. The van der Waals surface area contributed by atoms with Gasteiger partial charge in [0.15, 0.2) is 5.76 Å². The summed E-state index contributed by atoms with van der Waals surface area (Å²) in [4.78, 5) is 46.7. The number of amides is 2. The van der Waals surface area contributed by atoms with E-state index in [1.807, 2.05) is 0 Å². The Morgan fingerprint density at radius 2 is 2.03 bits per heavy atom. The van der Waals surface area contributed by atoms with Gasteiger partial charge in [-0.3, -0.25) is 19.7 Å². The number of nitro benzene ring substituents is 1. The smallest absolute Gasteiger partial charge is 0.291 e. The summed E-state index contributed by atoms with van der Waals surface area (Å²) in [5, 5.41) is 26.9. The third-order valence-corrected chi connectivity index (χ3v) is 4.47. The highest BCUT2D eigenvalue weighted by Gasteiger charge is 2.20. The number of thioether (sulfide) groups is 1. The van der Waals surface area contributed by atoms with Crippen molar-refractivity contribution in [2.75, 3.05) is 12.0 Å². The Hall–Kier alpha value is -3.60. The van der Waals surface area contributed by atoms with E-state index in [-0.39, 0.29) is 29.1 Å². The Labute approximate surface area is 175 Å². The van der Waals surface area contributed by atoms with Gasteiger partial charge in [0.2, 0.25) is 0 Å². The van der Waals surface area contributed by atoms with Gasteiger partial charge in [0.25, 0.3) is 17.5 Å². The van der Waals surface area contributed by atoms with Crippen LogP contribution in [-0.4, -0.2) is 40.8 Å². The van der Waals surface area contributed by atoms with Gasteiger partial charge in [0.05, 0.1) is 23.2 Å². The molecule has 0 aliphatic heterocycles. The number of carbonyl (C=O) groups excluding carboxylic acids is 3. The number of non-ortho nitro benzene ring substituents is 1. The Morgan fingerprint density at radius 1 is 1.27 bits per heavy atom. The summed E-state index contributed by atoms with van der Waals surface area (Å²) in [6, 6.07) is 6.95. The number of carboxylic acids is 1. The summed E-state index contributed by atoms with van der Waals surface area (Å²) in [6.07, 6.45) is 4.37. The number of nitrogens with one attached hydrogen (secondary N) is 2. The fraction of sp³-hybridized carbons (Fsp3) is 0.211. The lowest BCUT2D eigenvalue weighted by atomic mass is 10.1. The molecule has 30 heavy (non-hydrogen) atoms. The highest BCUT2D eigenvalue weighted by Crippen LogP contribution is 2.16. The fourth-order valence-electron chi connectivity index (χ4n) is 2.37. The number of aliphatic carboxylic acids is 1. The summed E-state index contributed by atoms with van der Waals surface area (Å²) in [6.45, 7) is 0. The van der Waals surface area contributed by atoms with E-state index in [9.17, 15) is 29.6 Å². The maximum atomic E-state index is 12.7. The van der Waals surface area contributed by atoms with E-state index in [2.05, 4.69) is 10.6 Å². The molecule has 1 aromatic heterocycles. The topological polar surface area (TPSA) is 155 Å². The van der Waals surface area contributed by atoms with Gasteiger partial charge in [0, 0.05) is 12.1 Å². The van der Waals surface area contributed by atoms with Crippen molar-refractivity contribution < 1.29 is 28.8 Å². The van der Waals surface area contributed by atoms with Gasteiger partial charge < -0.3 is 25.0 Å². The maximum absolute atomic E-state index is 12.7. The number of hydrogen-bond donors (Lipinski definition) is 2. The van der Waals surface area contributed by atoms with Crippen LogP contribution in [-0.2, 0) is 9.59 Å². The van der Waals surface area contributed by atoms with E-state index in [1.165, 1.54) is 60.5 Å². The average Bonchev–Trinajstić information content (AvgIpc) is 3.25. The molecule has 11 heteroatoms. The van der Waals surface area contributed by atoms with Gasteiger partial charge in [-0.25, -0.2) is 0 Å². The van der Waals surface area contributed by atoms with Gasteiger partial charge in [-0.2, -0.15) is 11.8 Å². The lowest BCUT2D eigenvalue weighted by Crippen LogP contribution is -2.50. The van der Waals surface area contributed by atoms with Crippen molar-refractivity contribution >= 4 is 41.3 Å². The number of rotatable bonds is 10. The average molecular weight is 432 g/mol. The summed E-state index contributed by atoms with van der Waals surface area (Å²) >= 11 is 1.40. The zero-order valence-corrected chi connectivity index (χ0v) is 16.6. The molecule has 1 aromatic carbocycles. The van der Waals surface area contributed by atoms with Gasteiger partial charge in [-0.05, 0) is 42.2 Å². The van der Waals surface area contributed by atoms with Crippen molar-refractivity contribution in [2.24, 2.45) is 0 Å². The first-order valence-electron chi connectivity index (χ1n) is 8.63. The minimum absolute atomic E-state index is 0.0772. The lowest BCUT2D eigenvalue weighted by Gasteiger charge is -2.20. The minimum atomic E-state index is -1.47. The molecule has 0 saturated carbocycles. The Balaban J connectivity index is 2.33. The van der Waals surface area contributed by atoms with Crippen molar-refractivity contribution in [1.82, 2.24) is 10.6 Å². The second kappa shape index (κ2) is 10.8. The molecule has 0 spiro atoms. The highest BCUT2D eigenvalue weighted by atomic mass is 32.2. The second-order valence-corrected chi connectivity index (χ2v) is 6.95. The van der Waals surface area contributed by atoms with Crippen molar-refractivity contribution in [3.8, 4) is 0 Å². The van der Waals surface area contributed by atoms with Crippen molar-refractivity contribution in [1.29, 1.82) is 0 Å². The predicted molar refractivity (Wildman–Crippen MR) is 107 cm³/mol. The quantitative estimate of drug-likeness (QED) is 0.319. The summed E-state index contributed by atoms with van der Waals surface area (Å²) < 4.78 is 4.98. The Kier molecular flexibility index (Phi) is 8.18. The van der Waals surface area contributed by atoms with Crippen LogP contribution in [0.2, 0.25) is 0 Å². The molecule has 2 N–H and O–H groups in total. The van der Waals surface area contributed by atoms with Gasteiger partial charge in [-0.15, -0.1) is 0 Å². The minimum Gasteiger partial charge on any atom is -0.548 e. The van der Waals surface area contributed by atoms with Crippen LogP contribution in [0.25, 0.3) is 6.08 Å². The zero-order chi connectivity index (χ0) is 22.1. The van der Waals surface area contributed by atoms with E-state index in [0.717, 1.165) is 0 Å². The molecule has 10 nitrogen and oxygen atoms in total. The molecule has 2 aromatic rings. The van der Waals surface area contributed by atoms with Crippen LogP contribution in [0.5, 0.6) is 0 Å². The number of hydrogen-bond acceptors (Lipinski definition) is 8. The monoisotopic (exact) mass is 432 g/mol. The predicted octanol–water partition coefficient (Wildman–Crippen LogP) is 0.946. The first-order valence-corrected chi connectivity index (χ1v) is 10.0. The zero-order valence-electron chi connectivity index (χ0n) is 15.8. The molecule has 1 atom stereocenters. The first-order chi connectivity index (χ1) is 14.3. The van der Waals surface area contributed by atoms with E-state index < -0.39 is 28.7 Å². The van der Waals surface area contributed by atoms with Crippen molar-refractivity contribution in [3.05, 3.63) is 69.8 Å². The number of carboxylic acid groups (broad SMARTS) is 1. The molecular formula is C19H18N3O7S-. The summed E-state index contributed by atoms with van der Waals surface area (Å²) in [7, 11) is 0. The first kappa shape index (κ1) is 22.7. The molecule has 1 heterocycles. The normalized spacial score (nSPS) is 12.1. The SMILES string of the molecule is CSCC[C@H](NC(=O)/C(=C/c1cccc([N+](=O)[O-])c1)NC(=O)c1ccco1)C(=O)[O-]. The third kappa shape index (κ3) is 6.48. The summed E-state index contributed by atoms with van der Waals surface area (Å²) in [5.74, 6) is -2.73. The molecule has 158 valence electrons. The molecule has 0 unspecified atom stereocenters. The number of carbonyl (C=O) groups is 3. The molecule has 2 rings (SSSR count). The third-order valence-electron chi connectivity index (χ3n) is 3.83. The van der Waals surface area contributed by atoms with Crippen LogP contribution in [0.3, 0.4) is 0 Å². The van der Waals surface area contributed by atoms with E-state index in [4.69, 9.17) is 4.42 Å². The van der Waals surface area contributed by atoms with Crippen LogP contribution >= 0.6 is 11.8 Å². The van der Waals surface area contributed by atoms with Crippen LogP contribution in [0, 0.1) is 10.1 Å². The van der Waals surface area contributed by atoms with Gasteiger partial charge >= 0.3 is 0 Å². The van der Waals surface area contributed by atoms with Crippen LogP contribution in [0.15, 0.2) is 52.8 Å². The highest BCUT2D eigenvalue weighted by molar-refractivity contribution is 7.98. The fourth-order valence-corrected chi connectivity index (χ4v) is 2.84. The van der Waals surface area contributed by atoms with E-state index in [1.54, 1.807) is 6.26 Å². The largest absolute Gasteiger partial charge is 0.548 e. The number of nitrogens with zero attached hydrogens (tertiary/aromatic N) is 1. The molecule has 0 aliphatic carbocycles. The van der Waals surface area contributed by atoms with Crippen molar-refractivity contribution in [2.45, 2.75) is 12.5 Å². The number of nitro groups is 1. The number of benzene rings is 1. The van der Waals surface area contributed by atoms with Gasteiger partial charge in [0.1, 0.15) is 5.70 Å². The lowest BCUT2D eigenvalue weighted by molar-refractivity contribution is -0.384. The molecule has 2 amide bonds.